The van der Waals surface area contributed by atoms with Crippen LogP contribution in [0.1, 0.15) is 24.0 Å². The third-order valence-electron chi connectivity index (χ3n) is 4.12. The fourth-order valence-corrected chi connectivity index (χ4v) is 2.99. The fourth-order valence-electron chi connectivity index (χ4n) is 2.99. The minimum absolute atomic E-state index is 0.230. The van der Waals surface area contributed by atoms with Crippen LogP contribution in [-0.4, -0.2) is 33.1 Å². The van der Waals surface area contributed by atoms with Gasteiger partial charge in [-0.15, -0.1) is 0 Å². The molecule has 0 saturated heterocycles. The minimum Gasteiger partial charge on any atom is -0.468 e. The molecule has 0 heterocycles. The van der Waals surface area contributed by atoms with E-state index in [0.717, 1.165) is 11.1 Å². The van der Waals surface area contributed by atoms with Crippen molar-refractivity contribution in [3.8, 4) is 0 Å². The van der Waals surface area contributed by atoms with Gasteiger partial charge in [0.05, 0.1) is 7.11 Å². The number of aryl methyl sites for hydroxylation is 1. The van der Waals surface area contributed by atoms with Crippen LogP contribution in [0, 0.1) is 6.92 Å². The number of hydrogen-bond donors (Lipinski definition) is 0. The monoisotopic (exact) mass is 264 g/mol. The lowest BCUT2D eigenvalue weighted by Gasteiger charge is -2.52. The number of methoxy groups -OCH3 is 3. The van der Waals surface area contributed by atoms with Crippen LogP contribution in [0.5, 0.6) is 0 Å². The number of esters is 1. The average Bonchev–Trinajstić information content (AvgIpc) is 2.40. The summed E-state index contributed by atoms with van der Waals surface area (Å²) in [6.07, 6.45) is 0.953. The Balaban J connectivity index is 2.41. The smallest absolute Gasteiger partial charge is 0.316 e. The molecule has 104 valence electrons. The van der Waals surface area contributed by atoms with Gasteiger partial charge in [0.25, 0.3) is 0 Å². The highest BCUT2D eigenvalue weighted by molar-refractivity contribution is 5.85. The Hall–Kier alpha value is -1.39. The summed E-state index contributed by atoms with van der Waals surface area (Å²) in [6.45, 7) is 2.00. The molecule has 1 aromatic carbocycles. The van der Waals surface area contributed by atoms with Crippen molar-refractivity contribution in [2.75, 3.05) is 21.3 Å². The second-order valence-electron chi connectivity index (χ2n) is 5.06. The van der Waals surface area contributed by atoms with Gasteiger partial charge < -0.3 is 14.2 Å². The molecular weight excluding hydrogens is 244 g/mol. The van der Waals surface area contributed by atoms with Gasteiger partial charge in [-0.05, 0) is 18.1 Å². The molecule has 0 unspecified atom stereocenters. The SMILES string of the molecule is COC(=O)C1(c2ccccc2C)CC(OC)(OC)C1. The number of benzene rings is 1. The maximum atomic E-state index is 12.3. The van der Waals surface area contributed by atoms with Crippen molar-refractivity contribution >= 4 is 5.97 Å². The highest BCUT2D eigenvalue weighted by Gasteiger charge is 2.62. The highest BCUT2D eigenvalue weighted by atomic mass is 16.7. The van der Waals surface area contributed by atoms with Crippen molar-refractivity contribution in [1.29, 1.82) is 0 Å². The van der Waals surface area contributed by atoms with Gasteiger partial charge in [-0.3, -0.25) is 4.79 Å². The van der Waals surface area contributed by atoms with Gasteiger partial charge in [-0.1, -0.05) is 24.3 Å². The summed E-state index contributed by atoms with van der Waals surface area (Å²) in [5.74, 6) is -0.914. The molecule has 4 heteroatoms. The first-order valence-electron chi connectivity index (χ1n) is 6.28. The van der Waals surface area contributed by atoms with E-state index < -0.39 is 11.2 Å². The summed E-state index contributed by atoms with van der Waals surface area (Å²) < 4.78 is 15.8. The predicted molar refractivity (Wildman–Crippen MR) is 70.9 cm³/mol. The van der Waals surface area contributed by atoms with E-state index in [0.29, 0.717) is 12.8 Å². The summed E-state index contributed by atoms with van der Waals surface area (Å²) >= 11 is 0. The Bertz CT molecular complexity index is 469. The van der Waals surface area contributed by atoms with Crippen LogP contribution >= 0.6 is 0 Å². The van der Waals surface area contributed by atoms with Gasteiger partial charge in [0.2, 0.25) is 0 Å². The van der Waals surface area contributed by atoms with Crippen molar-refractivity contribution in [2.45, 2.75) is 31.0 Å². The fraction of sp³-hybridized carbons (Fsp3) is 0.533. The van der Waals surface area contributed by atoms with Gasteiger partial charge >= 0.3 is 5.97 Å². The summed E-state index contributed by atoms with van der Waals surface area (Å²) in [4.78, 5) is 12.3. The van der Waals surface area contributed by atoms with Gasteiger partial charge in [0.1, 0.15) is 5.41 Å². The summed E-state index contributed by atoms with van der Waals surface area (Å²) in [5.41, 5.74) is 1.41. The van der Waals surface area contributed by atoms with Crippen LogP contribution < -0.4 is 0 Å². The van der Waals surface area contributed by atoms with Crippen LogP contribution in [0.3, 0.4) is 0 Å². The molecule has 0 spiro atoms. The predicted octanol–water partition coefficient (Wildman–Crippen LogP) is 2.19. The molecule has 1 saturated carbocycles. The highest BCUT2D eigenvalue weighted by Crippen LogP contribution is 2.53. The zero-order valence-electron chi connectivity index (χ0n) is 11.9. The topological polar surface area (TPSA) is 44.8 Å². The molecule has 0 atom stereocenters. The van der Waals surface area contributed by atoms with Crippen molar-refractivity contribution in [3.63, 3.8) is 0 Å². The minimum atomic E-state index is -0.684. The van der Waals surface area contributed by atoms with Crippen LogP contribution in [0.2, 0.25) is 0 Å². The largest absolute Gasteiger partial charge is 0.468 e. The molecule has 0 amide bonds. The molecular formula is C15H20O4. The van der Waals surface area contributed by atoms with Gasteiger partial charge in [0, 0.05) is 27.1 Å². The summed E-state index contributed by atoms with van der Waals surface area (Å²) in [7, 11) is 4.62. The van der Waals surface area contributed by atoms with Crippen LogP contribution in [0.4, 0.5) is 0 Å². The molecule has 1 aromatic rings. The molecule has 1 aliphatic rings. The summed E-state index contributed by atoms with van der Waals surface area (Å²) in [5, 5.41) is 0. The third kappa shape index (κ3) is 2.05. The second kappa shape index (κ2) is 4.94. The van der Waals surface area contributed by atoms with Crippen molar-refractivity contribution < 1.29 is 19.0 Å². The Kier molecular flexibility index (Phi) is 3.65. The lowest BCUT2D eigenvalue weighted by atomic mass is 9.59. The van der Waals surface area contributed by atoms with Crippen molar-refractivity contribution in [1.82, 2.24) is 0 Å². The Labute approximate surface area is 113 Å². The van der Waals surface area contributed by atoms with Gasteiger partial charge in [-0.25, -0.2) is 0 Å². The van der Waals surface area contributed by atoms with Crippen LogP contribution in [-0.2, 0) is 24.4 Å². The molecule has 0 radical (unpaired) electrons. The molecule has 2 rings (SSSR count). The van der Waals surface area contributed by atoms with Crippen LogP contribution in [0.25, 0.3) is 0 Å². The normalized spacial score (nSPS) is 19.6. The third-order valence-corrected chi connectivity index (χ3v) is 4.12. The Morgan fingerprint density at radius 1 is 1.11 bits per heavy atom. The molecule has 0 aromatic heterocycles. The first kappa shape index (κ1) is 14.0. The molecule has 0 bridgehead atoms. The zero-order chi connectivity index (χ0) is 14.1. The van der Waals surface area contributed by atoms with Crippen molar-refractivity contribution in [3.05, 3.63) is 35.4 Å². The maximum Gasteiger partial charge on any atom is 0.316 e. The average molecular weight is 264 g/mol. The number of rotatable bonds is 4. The van der Waals surface area contributed by atoms with E-state index >= 15 is 0 Å². The quantitative estimate of drug-likeness (QED) is 0.617. The lowest BCUT2D eigenvalue weighted by Crippen LogP contribution is -2.61. The molecule has 19 heavy (non-hydrogen) atoms. The van der Waals surface area contributed by atoms with Crippen LogP contribution in [0.15, 0.2) is 24.3 Å². The molecule has 0 aliphatic heterocycles. The van der Waals surface area contributed by atoms with Gasteiger partial charge in [0.15, 0.2) is 5.79 Å². The van der Waals surface area contributed by atoms with Gasteiger partial charge in [-0.2, -0.15) is 0 Å². The first-order valence-corrected chi connectivity index (χ1v) is 6.28. The van der Waals surface area contributed by atoms with E-state index in [1.165, 1.54) is 7.11 Å². The molecule has 1 aliphatic carbocycles. The molecule has 1 fully saturated rings. The second-order valence-corrected chi connectivity index (χ2v) is 5.06. The zero-order valence-corrected chi connectivity index (χ0v) is 11.9. The van der Waals surface area contributed by atoms with E-state index in [-0.39, 0.29) is 5.97 Å². The van der Waals surface area contributed by atoms with Crippen molar-refractivity contribution in [2.24, 2.45) is 0 Å². The number of ether oxygens (including phenoxy) is 3. The Morgan fingerprint density at radius 3 is 2.16 bits per heavy atom. The Morgan fingerprint density at radius 2 is 1.68 bits per heavy atom. The lowest BCUT2D eigenvalue weighted by molar-refractivity contribution is -0.278. The van der Waals surface area contributed by atoms with E-state index in [4.69, 9.17) is 14.2 Å². The van der Waals surface area contributed by atoms with E-state index in [1.807, 2.05) is 31.2 Å². The summed E-state index contributed by atoms with van der Waals surface area (Å²) in [6, 6.07) is 7.87. The maximum absolute atomic E-state index is 12.3. The standard InChI is InChI=1S/C15H20O4/c1-11-7-5-6-8-12(11)14(13(16)17-2)9-15(10-14,18-3)19-4/h5-8H,9-10H2,1-4H3. The first-order chi connectivity index (χ1) is 9.03. The van der Waals surface area contributed by atoms with E-state index in [9.17, 15) is 4.79 Å². The number of carbonyl (C=O) groups excluding carboxylic acids is 1. The van der Waals surface area contributed by atoms with E-state index in [2.05, 4.69) is 0 Å². The molecule has 4 nitrogen and oxygen atoms in total. The number of hydrogen-bond acceptors (Lipinski definition) is 4. The molecule has 0 N–H and O–H groups in total. The number of carbonyl (C=O) groups is 1. The van der Waals surface area contributed by atoms with E-state index in [1.54, 1.807) is 14.2 Å².